The van der Waals surface area contributed by atoms with E-state index >= 15 is 0 Å². The van der Waals surface area contributed by atoms with Gasteiger partial charge in [-0.1, -0.05) is 6.42 Å². The molecule has 1 rings (SSSR count). The van der Waals surface area contributed by atoms with Gasteiger partial charge >= 0.3 is 0 Å². The lowest BCUT2D eigenvalue weighted by molar-refractivity contribution is 0.442. The van der Waals surface area contributed by atoms with Crippen LogP contribution in [0, 0.1) is 0 Å². The first kappa shape index (κ1) is 8.24. The van der Waals surface area contributed by atoms with Crippen molar-refractivity contribution in [3.63, 3.8) is 0 Å². The normalized spacial score (nSPS) is 23.4. The SMILES string of the molecule is CN(C)[Si]1(N(C)C)CCC1. The first-order valence-corrected chi connectivity index (χ1v) is 6.25. The van der Waals surface area contributed by atoms with Gasteiger partial charge in [-0.15, -0.1) is 0 Å². The summed E-state index contributed by atoms with van der Waals surface area (Å²) in [6, 6.07) is 2.93. The maximum Gasteiger partial charge on any atom is 0.205 e. The van der Waals surface area contributed by atoms with E-state index in [0.717, 1.165) is 0 Å². The molecular formula is C7H18N2Si. The van der Waals surface area contributed by atoms with Crippen LogP contribution in [0.1, 0.15) is 6.42 Å². The van der Waals surface area contributed by atoms with Crippen molar-refractivity contribution >= 4 is 8.40 Å². The monoisotopic (exact) mass is 158 g/mol. The number of nitrogens with zero attached hydrogens (tertiary/aromatic N) is 2. The van der Waals surface area contributed by atoms with Crippen LogP contribution < -0.4 is 0 Å². The van der Waals surface area contributed by atoms with Gasteiger partial charge in [0.2, 0.25) is 8.40 Å². The molecule has 0 aromatic rings. The van der Waals surface area contributed by atoms with E-state index < -0.39 is 8.40 Å². The first-order chi connectivity index (χ1) is 4.59. The Kier molecular flexibility index (Phi) is 2.17. The van der Waals surface area contributed by atoms with E-state index in [0.29, 0.717) is 0 Å². The molecule has 0 spiro atoms. The fraction of sp³-hybridized carbons (Fsp3) is 1.00. The molecule has 1 aliphatic rings. The van der Waals surface area contributed by atoms with Crippen LogP contribution in [0.4, 0.5) is 0 Å². The lowest BCUT2D eigenvalue weighted by Crippen LogP contribution is -2.64. The zero-order chi connectivity index (χ0) is 7.78. The van der Waals surface area contributed by atoms with Crippen molar-refractivity contribution in [3.05, 3.63) is 0 Å². The van der Waals surface area contributed by atoms with Gasteiger partial charge in [0.05, 0.1) is 0 Å². The molecule has 0 N–H and O–H groups in total. The zero-order valence-corrected chi connectivity index (χ0v) is 8.52. The van der Waals surface area contributed by atoms with E-state index in [9.17, 15) is 0 Å². The van der Waals surface area contributed by atoms with Gasteiger partial charge < -0.3 is 9.13 Å². The average Bonchev–Trinajstić information content (AvgIpc) is 1.57. The van der Waals surface area contributed by atoms with Crippen LogP contribution in [0.15, 0.2) is 0 Å². The first-order valence-electron chi connectivity index (χ1n) is 3.94. The number of rotatable bonds is 2. The van der Waals surface area contributed by atoms with Gasteiger partial charge in [-0.05, 0) is 40.3 Å². The highest BCUT2D eigenvalue weighted by Gasteiger charge is 2.44. The fourth-order valence-electron chi connectivity index (χ4n) is 1.79. The Labute approximate surface area is 65.0 Å². The van der Waals surface area contributed by atoms with Crippen molar-refractivity contribution in [2.24, 2.45) is 0 Å². The third-order valence-corrected chi connectivity index (χ3v) is 8.46. The second kappa shape index (κ2) is 2.64. The van der Waals surface area contributed by atoms with Gasteiger partial charge in [-0.3, -0.25) is 0 Å². The molecule has 0 aliphatic carbocycles. The predicted molar refractivity (Wildman–Crippen MR) is 47.4 cm³/mol. The highest BCUT2D eigenvalue weighted by Crippen LogP contribution is 2.34. The number of hydrogen-bond acceptors (Lipinski definition) is 2. The van der Waals surface area contributed by atoms with Crippen molar-refractivity contribution in [1.82, 2.24) is 9.13 Å². The molecule has 1 fully saturated rings. The zero-order valence-electron chi connectivity index (χ0n) is 7.52. The maximum atomic E-state index is 2.47. The Morgan fingerprint density at radius 3 is 1.30 bits per heavy atom. The van der Waals surface area contributed by atoms with Crippen LogP contribution in [0.3, 0.4) is 0 Å². The lowest BCUT2D eigenvalue weighted by Gasteiger charge is -2.49. The Hall–Kier alpha value is 0.137. The van der Waals surface area contributed by atoms with Crippen LogP contribution in [-0.4, -0.2) is 45.7 Å². The Morgan fingerprint density at radius 2 is 1.30 bits per heavy atom. The van der Waals surface area contributed by atoms with E-state index in [1.807, 2.05) is 0 Å². The van der Waals surface area contributed by atoms with Crippen molar-refractivity contribution < 1.29 is 0 Å². The molecule has 0 aromatic carbocycles. The summed E-state index contributed by atoms with van der Waals surface area (Å²) < 4.78 is 4.94. The summed E-state index contributed by atoms with van der Waals surface area (Å²) in [5.74, 6) is 0. The Balaban J connectivity index is 2.59. The Bertz CT molecular complexity index is 109. The molecule has 1 aliphatic heterocycles. The van der Waals surface area contributed by atoms with Crippen molar-refractivity contribution in [2.45, 2.75) is 18.5 Å². The molecule has 0 unspecified atom stereocenters. The molecule has 2 nitrogen and oxygen atoms in total. The third-order valence-electron chi connectivity index (χ3n) is 2.82. The molecule has 0 atom stereocenters. The summed E-state index contributed by atoms with van der Waals surface area (Å²) in [6.45, 7) is 0. The highest BCUT2D eigenvalue weighted by atomic mass is 28.4. The smallest absolute Gasteiger partial charge is 0.205 e. The van der Waals surface area contributed by atoms with Crippen LogP contribution in [0.2, 0.25) is 12.1 Å². The van der Waals surface area contributed by atoms with E-state index in [1.54, 1.807) is 0 Å². The standard InChI is InChI=1S/C7H18N2Si/c1-8(2)10(9(3)4)6-5-7-10/h5-7H2,1-4H3. The van der Waals surface area contributed by atoms with E-state index in [2.05, 4.69) is 37.3 Å². The van der Waals surface area contributed by atoms with Gasteiger partial charge in [-0.25, -0.2) is 0 Å². The highest BCUT2D eigenvalue weighted by molar-refractivity contribution is 6.76. The summed E-state index contributed by atoms with van der Waals surface area (Å²) in [4.78, 5) is 0. The minimum atomic E-state index is -1.03. The van der Waals surface area contributed by atoms with Crippen LogP contribution in [-0.2, 0) is 0 Å². The lowest BCUT2D eigenvalue weighted by atomic mass is 10.5. The van der Waals surface area contributed by atoms with Crippen molar-refractivity contribution in [1.29, 1.82) is 0 Å². The summed E-state index contributed by atoms with van der Waals surface area (Å²) >= 11 is 0. The van der Waals surface area contributed by atoms with Crippen molar-refractivity contribution in [2.75, 3.05) is 28.2 Å². The predicted octanol–water partition coefficient (Wildman–Crippen LogP) is 0.955. The van der Waals surface area contributed by atoms with E-state index in [1.165, 1.54) is 18.5 Å². The van der Waals surface area contributed by atoms with Crippen molar-refractivity contribution in [3.8, 4) is 0 Å². The minimum Gasteiger partial charge on any atom is -0.317 e. The summed E-state index contributed by atoms with van der Waals surface area (Å²) in [6.07, 6.45) is 1.45. The summed E-state index contributed by atoms with van der Waals surface area (Å²) in [5, 5.41) is 0. The topological polar surface area (TPSA) is 6.48 Å². The molecule has 0 aromatic heterocycles. The number of hydrogen-bond donors (Lipinski definition) is 0. The Morgan fingerprint density at radius 1 is 0.900 bits per heavy atom. The fourth-order valence-corrected chi connectivity index (χ4v) is 5.36. The average molecular weight is 158 g/mol. The van der Waals surface area contributed by atoms with Gasteiger partial charge in [-0.2, -0.15) is 0 Å². The van der Waals surface area contributed by atoms with Gasteiger partial charge in [0.15, 0.2) is 0 Å². The second-order valence-corrected chi connectivity index (χ2v) is 8.38. The molecule has 3 heteroatoms. The summed E-state index contributed by atoms with van der Waals surface area (Å²) in [7, 11) is 7.88. The van der Waals surface area contributed by atoms with Gasteiger partial charge in [0, 0.05) is 0 Å². The molecule has 0 radical (unpaired) electrons. The third kappa shape index (κ3) is 1.02. The molecule has 0 bridgehead atoms. The maximum absolute atomic E-state index is 2.47. The van der Waals surface area contributed by atoms with Crippen LogP contribution >= 0.6 is 0 Å². The molecule has 1 heterocycles. The van der Waals surface area contributed by atoms with E-state index in [4.69, 9.17) is 0 Å². The molecule has 10 heavy (non-hydrogen) atoms. The molecule has 1 saturated heterocycles. The minimum absolute atomic E-state index is 1.03. The molecular weight excluding hydrogens is 140 g/mol. The summed E-state index contributed by atoms with van der Waals surface area (Å²) in [5.41, 5.74) is 0. The van der Waals surface area contributed by atoms with Gasteiger partial charge in [0.1, 0.15) is 0 Å². The van der Waals surface area contributed by atoms with Gasteiger partial charge in [0.25, 0.3) is 0 Å². The quantitative estimate of drug-likeness (QED) is 0.552. The van der Waals surface area contributed by atoms with Crippen LogP contribution in [0.25, 0.3) is 0 Å². The van der Waals surface area contributed by atoms with Crippen LogP contribution in [0.5, 0.6) is 0 Å². The molecule has 0 amide bonds. The largest absolute Gasteiger partial charge is 0.317 e. The molecule has 60 valence electrons. The second-order valence-electron chi connectivity index (χ2n) is 3.62. The van der Waals surface area contributed by atoms with E-state index in [-0.39, 0.29) is 0 Å². The molecule has 0 saturated carbocycles.